The highest BCUT2D eigenvalue weighted by molar-refractivity contribution is 5.92. The molecule has 1 atom stereocenters. The van der Waals surface area contributed by atoms with Gasteiger partial charge in [0, 0.05) is 36.8 Å². The molecular weight excluding hydrogens is 362 g/mol. The van der Waals surface area contributed by atoms with Crippen LogP contribution in [0.3, 0.4) is 0 Å². The standard InChI is InChI=1S/C24H25N3O2/c28-24(15-17-11-13-29-22-9-2-1-8-20(17)22)25-19-7-5-6-18(14-19)21-16-27-12-4-3-10-23(27)26-21/h1-2,5-9,14,16-17H,3-4,10-13,15H2,(H,25,28). The van der Waals surface area contributed by atoms with Gasteiger partial charge in [-0.2, -0.15) is 0 Å². The van der Waals surface area contributed by atoms with Crippen LogP contribution in [0.2, 0.25) is 0 Å². The number of nitrogens with one attached hydrogen (secondary N) is 1. The summed E-state index contributed by atoms with van der Waals surface area (Å²) in [6, 6.07) is 16.0. The fourth-order valence-electron chi connectivity index (χ4n) is 4.37. The van der Waals surface area contributed by atoms with Crippen LogP contribution in [0.1, 0.15) is 43.0 Å². The molecule has 1 unspecified atom stereocenters. The number of hydrogen-bond acceptors (Lipinski definition) is 3. The number of fused-ring (bicyclic) bond motifs is 2. The van der Waals surface area contributed by atoms with Crippen molar-refractivity contribution in [2.75, 3.05) is 11.9 Å². The van der Waals surface area contributed by atoms with Gasteiger partial charge in [0.2, 0.25) is 5.91 Å². The lowest BCUT2D eigenvalue weighted by molar-refractivity contribution is -0.116. The van der Waals surface area contributed by atoms with Gasteiger partial charge in [0.25, 0.3) is 0 Å². The molecule has 29 heavy (non-hydrogen) atoms. The second-order valence-electron chi connectivity index (χ2n) is 7.90. The number of nitrogens with zero attached hydrogens (tertiary/aromatic N) is 2. The minimum Gasteiger partial charge on any atom is -0.493 e. The van der Waals surface area contributed by atoms with Crippen molar-refractivity contribution in [3.8, 4) is 17.0 Å². The van der Waals surface area contributed by atoms with Crippen molar-refractivity contribution in [3.63, 3.8) is 0 Å². The first kappa shape index (κ1) is 18.0. The summed E-state index contributed by atoms with van der Waals surface area (Å²) >= 11 is 0. The predicted octanol–water partition coefficient (Wildman–Crippen LogP) is 4.78. The van der Waals surface area contributed by atoms with Crippen LogP contribution in [0.15, 0.2) is 54.7 Å². The number of hydrogen-bond donors (Lipinski definition) is 1. The fourth-order valence-corrected chi connectivity index (χ4v) is 4.37. The van der Waals surface area contributed by atoms with Gasteiger partial charge < -0.3 is 14.6 Å². The number of imidazole rings is 1. The van der Waals surface area contributed by atoms with E-state index in [0.29, 0.717) is 13.0 Å². The molecule has 0 spiro atoms. The normalized spacial score (nSPS) is 17.7. The lowest BCUT2D eigenvalue weighted by atomic mass is 9.90. The summed E-state index contributed by atoms with van der Waals surface area (Å²) in [6.07, 6.45) is 6.93. The van der Waals surface area contributed by atoms with E-state index in [9.17, 15) is 4.79 Å². The molecule has 1 aromatic heterocycles. The van der Waals surface area contributed by atoms with Crippen molar-refractivity contribution in [3.05, 3.63) is 66.1 Å². The molecule has 5 rings (SSSR count). The highest BCUT2D eigenvalue weighted by Crippen LogP contribution is 2.35. The maximum Gasteiger partial charge on any atom is 0.224 e. The summed E-state index contributed by atoms with van der Waals surface area (Å²) in [6.45, 7) is 1.71. The Morgan fingerprint density at radius 2 is 2.10 bits per heavy atom. The van der Waals surface area contributed by atoms with E-state index in [-0.39, 0.29) is 11.8 Å². The number of carbonyl (C=O) groups is 1. The Morgan fingerprint density at radius 1 is 1.17 bits per heavy atom. The molecule has 148 valence electrons. The molecule has 5 heteroatoms. The van der Waals surface area contributed by atoms with Crippen molar-refractivity contribution in [2.45, 2.75) is 44.6 Å². The number of para-hydroxylation sites is 1. The van der Waals surface area contributed by atoms with E-state index in [1.54, 1.807) is 0 Å². The largest absolute Gasteiger partial charge is 0.493 e. The van der Waals surface area contributed by atoms with Crippen molar-refractivity contribution >= 4 is 11.6 Å². The number of aromatic nitrogens is 2. The summed E-state index contributed by atoms with van der Waals surface area (Å²) < 4.78 is 7.97. The van der Waals surface area contributed by atoms with Crippen molar-refractivity contribution in [1.29, 1.82) is 0 Å². The molecule has 3 aromatic rings. The number of carbonyl (C=O) groups excluding carboxylic acids is 1. The third-order valence-corrected chi connectivity index (χ3v) is 5.87. The summed E-state index contributed by atoms with van der Waals surface area (Å²) in [4.78, 5) is 17.5. The van der Waals surface area contributed by atoms with Gasteiger partial charge in [-0.25, -0.2) is 4.98 Å². The van der Waals surface area contributed by atoms with E-state index < -0.39 is 0 Å². The molecule has 5 nitrogen and oxygen atoms in total. The molecular formula is C24H25N3O2. The van der Waals surface area contributed by atoms with Crippen LogP contribution in [0, 0.1) is 0 Å². The second kappa shape index (κ2) is 7.74. The summed E-state index contributed by atoms with van der Waals surface area (Å²) in [7, 11) is 0. The zero-order valence-electron chi connectivity index (χ0n) is 16.4. The van der Waals surface area contributed by atoms with E-state index in [0.717, 1.165) is 47.6 Å². The first-order valence-electron chi connectivity index (χ1n) is 10.4. The molecule has 0 bridgehead atoms. The van der Waals surface area contributed by atoms with Gasteiger partial charge in [0.15, 0.2) is 0 Å². The third-order valence-electron chi connectivity index (χ3n) is 5.87. The van der Waals surface area contributed by atoms with Gasteiger partial charge in [-0.3, -0.25) is 4.79 Å². The quantitative estimate of drug-likeness (QED) is 0.701. The smallest absolute Gasteiger partial charge is 0.224 e. The average Bonchev–Trinajstić information content (AvgIpc) is 3.19. The Kier molecular flexibility index (Phi) is 4.80. The molecule has 2 aliphatic heterocycles. The van der Waals surface area contributed by atoms with Gasteiger partial charge in [-0.05, 0) is 48.9 Å². The lowest BCUT2D eigenvalue weighted by Gasteiger charge is -2.25. The van der Waals surface area contributed by atoms with Crippen molar-refractivity contribution in [1.82, 2.24) is 9.55 Å². The monoisotopic (exact) mass is 387 g/mol. The molecule has 2 aliphatic rings. The molecule has 0 saturated heterocycles. The number of aryl methyl sites for hydroxylation is 2. The minimum absolute atomic E-state index is 0.0352. The van der Waals surface area contributed by atoms with Gasteiger partial charge in [0.1, 0.15) is 11.6 Å². The number of ether oxygens (including phenoxy) is 1. The maximum atomic E-state index is 12.7. The van der Waals surface area contributed by atoms with E-state index in [1.165, 1.54) is 18.7 Å². The first-order valence-corrected chi connectivity index (χ1v) is 10.4. The second-order valence-corrected chi connectivity index (χ2v) is 7.90. The Balaban J connectivity index is 1.29. The van der Waals surface area contributed by atoms with Gasteiger partial charge in [-0.1, -0.05) is 30.3 Å². The van der Waals surface area contributed by atoms with Crippen LogP contribution in [0.5, 0.6) is 5.75 Å². The van der Waals surface area contributed by atoms with Gasteiger partial charge >= 0.3 is 0 Å². The zero-order valence-corrected chi connectivity index (χ0v) is 16.4. The lowest BCUT2D eigenvalue weighted by Crippen LogP contribution is -2.20. The van der Waals surface area contributed by atoms with Crippen molar-refractivity contribution < 1.29 is 9.53 Å². The summed E-state index contributed by atoms with van der Waals surface area (Å²) in [5, 5.41) is 3.08. The third kappa shape index (κ3) is 3.77. The van der Waals surface area contributed by atoms with Gasteiger partial charge in [-0.15, -0.1) is 0 Å². The first-order chi connectivity index (χ1) is 14.3. The van der Waals surface area contributed by atoms with E-state index >= 15 is 0 Å². The molecule has 3 heterocycles. The summed E-state index contributed by atoms with van der Waals surface area (Å²) in [5.74, 6) is 2.30. The molecule has 0 fully saturated rings. The van der Waals surface area contributed by atoms with Crippen LogP contribution < -0.4 is 10.1 Å². The maximum absolute atomic E-state index is 12.7. The Labute approximate surface area is 170 Å². The highest BCUT2D eigenvalue weighted by Gasteiger charge is 2.23. The Morgan fingerprint density at radius 3 is 3.03 bits per heavy atom. The predicted molar refractivity (Wildman–Crippen MR) is 113 cm³/mol. The van der Waals surface area contributed by atoms with Crippen LogP contribution >= 0.6 is 0 Å². The topological polar surface area (TPSA) is 56.1 Å². The molecule has 0 saturated carbocycles. The van der Waals surface area contributed by atoms with E-state index in [2.05, 4.69) is 28.2 Å². The summed E-state index contributed by atoms with van der Waals surface area (Å²) in [5.41, 5.74) is 3.97. The Bertz CT molecular complexity index is 1020. The van der Waals surface area contributed by atoms with Crippen LogP contribution in [-0.4, -0.2) is 22.1 Å². The molecule has 2 aromatic carbocycles. The average molecular weight is 387 g/mol. The molecule has 0 radical (unpaired) electrons. The van der Waals surface area contributed by atoms with Crippen LogP contribution in [-0.2, 0) is 17.8 Å². The van der Waals surface area contributed by atoms with Crippen LogP contribution in [0.4, 0.5) is 5.69 Å². The van der Waals surface area contributed by atoms with Crippen LogP contribution in [0.25, 0.3) is 11.3 Å². The van der Waals surface area contributed by atoms with Gasteiger partial charge in [0.05, 0.1) is 12.3 Å². The number of rotatable bonds is 4. The Hall–Kier alpha value is -3.08. The molecule has 1 amide bonds. The number of benzene rings is 2. The number of anilines is 1. The number of amides is 1. The molecule has 1 N–H and O–H groups in total. The minimum atomic E-state index is 0.0352. The van der Waals surface area contributed by atoms with E-state index in [1.807, 2.05) is 36.4 Å². The van der Waals surface area contributed by atoms with Crippen molar-refractivity contribution in [2.24, 2.45) is 0 Å². The highest BCUT2D eigenvalue weighted by atomic mass is 16.5. The molecule has 0 aliphatic carbocycles. The zero-order chi connectivity index (χ0) is 19.6. The fraction of sp³-hybridized carbons (Fsp3) is 0.333. The van der Waals surface area contributed by atoms with E-state index in [4.69, 9.17) is 9.72 Å². The SMILES string of the molecule is O=C(CC1CCOc2ccccc21)Nc1cccc(-c2cn3c(n2)CCCC3)c1.